The molecule has 0 fully saturated rings. The Kier molecular flexibility index (Phi) is 14.9. The number of aliphatic carboxylic acids is 2. The van der Waals surface area contributed by atoms with Crippen LogP contribution in [0.5, 0.6) is 0 Å². The zero-order valence-electron chi connectivity index (χ0n) is 22.5. The van der Waals surface area contributed by atoms with Crippen LogP contribution in [0.15, 0.2) is 35.3 Å². The van der Waals surface area contributed by atoms with Gasteiger partial charge in [0.2, 0.25) is 23.6 Å². The number of nitrogens with one attached hydrogen (secondary N) is 3. The normalized spacial score (nSPS) is 13.5. The van der Waals surface area contributed by atoms with Gasteiger partial charge in [-0.25, -0.2) is 4.79 Å². The van der Waals surface area contributed by atoms with E-state index in [0.29, 0.717) is 12.0 Å². The van der Waals surface area contributed by atoms with Crippen LogP contribution in [0.3, 0.4) is 0 Å². The number of benzene rings is 1. The Morgan fingerprint density at radius 2 is 1.32 bits per heavy atom. The Balaban J connectivity index is 3.09. The molecule has 13 N–H and O–H groups in total. The van der Waals surface area contributed by atoms with Gasteiger partial charge in [0.1, 0.15) is 18.1 Å². The summed E-state index contributed by atoms with van der Waals surface area (Å²) in [5.41, 5.74) is 22.4. The molecule has 4 atom stereocenters. The highest BCUT2D eigenvalue weighted by molar-refractivity contribution is 5.94. The van der Waals surface area contributed by atoms with Crippen LogP contribution in [0.1, 0.15) is 44.1 Å². The minimum atomic E-state index is -1.57. The molecule has 0 radical (unpaired) electrons. The van der Waals surface area contributed by atoms with Gasteiger partial charge in [-0.15, -0.1) is 0 Å². The van der Waals surface area contributed by atoms with Crippen molar-refractivity contribution in [1.29, 1.82) is 0 Å². The van der Waals surface area contributed by atoms with Gasteiger partial charge in [-0.3, -0.25) is 29.0 Å². The Hall–Kier alpha value is -4.73. The minimum Gasteiger partial charge on any atom is -0.481 e. The van der Waals surface area contributed by atoms with Gasteiger partial charge in [0, 0.05) is 25.8 Å². The zero-order chi connectivity index (χ0) is 30.9. The second kappa shape index (κ2) is 17.8. The zero-order valence-corrected chi connectivity index (χ0v) is 22.5. The van der Waals surface area contributed by atoms with Gasteiger partial charge in [0.15, 0.2) is 5.96 Å². The number of carbonyl (C=O) groups is 6. The summed E-state index contributed by atoms with van der Waals surface area (Å²) in [5, 5.41) is 25.4. The van der Waals surface area contributed by atoms with Crippen LogP contribution in [-0.4, -0.2) is 82.5 Å². The number of aliphatic imine (C=N–C) groups is 1. The smallest absolute Gasteiger partial charge is 0.326 e. The van der Waals surface area contributed by atoms with E-state index in [1.54, 1.807) is 30.3 Å². The van der Waals surface area contributed by atoms with E-state index < -0.39 is 72.6 Å². The lowest BCUT2D eigenvalue weighted by Gasteiger charge is -2.25. The van der Waals surface area contributed by atoms with Crippen LogP contribution in [0.4, 0.5) is 0 Å². The first-order valence-electron chi connectivity index (χ1n) is 12.8. The third kappa shape index (κ3) is 14.3. The molecule has 0 aromatic heterocycles. The SMILES string of the molecule is NC(=O)CCC(NC(=O)C(Cc1ccccc1)NC(=O)C(N)CCCN=C(N)N)C(=O)NC(CCC(=O)O)C(=O)O. The van der Waals surface area contributed by atoms with Crippen molar-refractivity contribution < 1.29 is 39.0 Å². The maximum absolute atomic E-state index is 13.3. The summed E-state index contributed by atoms with van der Waals surface area (Å²) in [5.74, 6) is -6.06. The van der Waals surface area contributed by atoms with Crippen molar-refractivity contribution in [1.82, 2.24) is 16.0 Å². The Labute approximate surface area is 236 Å². The molecule has 0 saturated carbocycles. The van der Waals surface area contributed by atoms with Crippen LogP contribution in [0, 0.1) is 0 Å². The maximum atomic E-state index is 13.3. The number of primary amides is 1. The molecule has 0 saturated heterocycles. The van der Waals surface area contributed by atoms with E-state index in [9.17, 15) is 33.9 Å². The number of carboxylic acid groups (broad SMARTS) is 2. The Bertz CT molecular complexity index is 1090. The van der Waals surface area contributed by atoms with E-state index in [1.165, 1.54) is 0 Å². The molecule has 1 aromatic carbocycles. The van der Waals surface area contributed by atoms with Gasteiger partial charge in [-0.1, -0.05) is 30.3 Å². The third-order valence-corrected chi connectivity index (χ3v) is 5.79. The Morgan fingerprint density at radius 1 is 0.756 bits per heavy atom. The van der Waals surface area contributed by atoms with E-state index >= 15 is 0 Å². The van der Waals surface area contributed by atoms with Crippen molar-refractivity contribution >= 4 is 41.5 Å². The fourth-order valence-electron chi connectivity index (χ4n) is 3.61. The molecule has 1 rings (SSSR count). The average Bonchev–Trinajstić information content (AvgIpc) is 2.90. The molecular weight excluding hydrogens is 540 g/mol. The molecule has 226 valence electrons. The average molecular weight is 579 g/mol. The lowest BCUT2D eigenvalue weighted by Crippen LogP contribution is -2.57. The summed E-state index contributed by atoms with van der Waals surface area (Å²) in [6.45, 7) is 0.248. The van der Waals surface area contributed by atoms with Crippen LogP contribution in [-0.2, 0) is 35.2 Å². The van der Waals surface area contributed by atoms with E-state index in [2.05, 4.69) is 20.9 Å². The molecule has 0 heterocycles. The van der Waals surface area contributed by atoms with Crippen molar-refractivity contribution in [3.63, 3.8) is 0 Å². The number of nitrogens with two attached hydrogens (primary N) is 4. The first-order valence-corrected chi connectivity index (χ1v) is 12.8. The predicted octanol–water partition coefficient (Wildman–Crippen LogP) is -2.72. The molecule has 4 amide bonds. The highest BCUT2D eigenvalue weighted by atomic mass is 16.4. The third-order valence-electron chi connectivity index (χ3n) is 5.79. The summed E-state index contributed by atoms with van der Waals surface area (Å²) in [7, 11) is 0. The first kappa shape index (κ1) is 34.3. The number of amides is 4. The number of hydrogen-bond donors (Lipinski definition) is 9. The molecule has 0 bridgehead atoms. The molecule has 0 spiro atoms. The number of guanidine groups is 1. The van der Waals surface area contributed by atoms with E-state index in [1.807, 2.05) is 0 Å². The molecule has 0 aliphatic heterocycles. The predicted molar refractivity (Wildman–Crippen MR) is 147 cm³/mol. The van der Waals surface area contributed by atoms with E-state index in [4.69, 9.17) is 28.0 Å². The first-order chi connectivity index (χ1) is 19.3. The van der Waals surface area contributed by atoms with E-state index in [-0.39, 0.29) is 38.2 Å². The highest BCUT2D eigenvalue weighted by Crippen LogP contribution is 2.08. The van der Waals surface area contributed by atoms with Gasteiger partial charge >= 0.3 is 11.9 Å². The van der Waals surface area contributed by atoms with Gasteiger partial charge in [0.25, 0.3) is 0 Å². The number of carbonyl (C=O) groups excluding carboxylic acids is 4. The molecule has 16 nitrogen and oxygen atoms in total. The van der Waals surface area contributed by atoms with Crippen LogP contribution in [0.2, 0.25) is 0 Å². The molecular formula is C25H38N8O8. The number of rotatable bonds is 19. The van der Waals surface area contributed by atoms with Gasteiger partial charge in [-0.05, 0) is 31.2 Å². The molecule has 16 heteroatoms. The van der Waals surface area contributed by atoms with Crippen molar-refractivity contribution in [2.75, 3.05) is 6.54 Å². The second-order valence-electron chi connectivity index (χ2n) is 9.20. The fraction of sp³-hybridized carbons (Fsp3) is 0.480. The van der Waals surface area contributed by atoms with Crippen molar-refractivity contribution in [2.24, 2.45) is 27.9 Å². The number of nitrogens with zero attached hydrogens (tertiary/aromatic N) is 1. The number of carboxylic acids is 2. The molecule has 1 aromatic rings. The molecule has 0 aliphatic carbocycles. The summed E-state index contributed by atoms with van der Waals surface area (Å²) in [6, 6.07) is 3.46. The molecule has 41 heavy (non-hydrogen) atoms. The van der Waals surface area contributed by atoms with E-state index in [0.717, 1.165) is 0 Å². The second-order valence-corrected chi connectivity index (χ2v) is 9.20. The minimum absolute atomic E-state index is 0.0135. The largest absolute Gasteiger partial charge is 0.481 e. The summed E-state index contributed by atoms with van der Waals surface area (Å²) >= 11 is 0. The Morgan fingerprint density at radius 3 is 1.88 bits per heavy atom. The quantitative estimate of drug-likeness (QED) is 0.0461. The molecule has 0 aliphatic rings. The van der Waals surface area contributed by atoms with Gasteiger partial charge in [-0.2, -0.15) is 0 Å². The number of hydrogen-bond acceptors (Lipinski definition) is 8. The monoisotopic (exact) mass is 578 g/mol. The summed E-state index contributed by atoms with van der Waals surface area (Å²) in [4.78, 5) is 76.7. The summed E-state index contributed by atoms with van der Waals surface area (Å²) in [6.07, 6.45) is -0.952. The van der Waals surface area contributed by atoms with Crippen LogP contribution >= 0.6 is 0 Å². The van der Waals surface area contributed by atoms with Crippen molar-refractivity contribution in [3.8, 4) is 0 Å². The lowest BCUT2D eigenvalue weighted by atomic mass is 10.0. The van der Waals surface area contributed by atoms with Gasteiger partial charge in [0.05, 0.1) is 6.04 Å². The highest BCUT2D eigenvalue weighted by Gasteiger charge is 2.31. The molecule has 4 unspecified atom stereocenters. The topological polar surface area (TPSA) is 295 Å². The maximum Gasteiger partial charge on any atom is 0.326 e. The standard InChI is InChI=1S/C25H38N8O8/c26-15(7-4-12-30-25(28)29)21(37)33-18(13-14-5-2-1-3-6-14)23(39)31-16(8-10-19(27)34)22(38)32-17(24(40)41)9-11-20(35)36/h1-3,5-6,15-18H,4,7-13,26H2,(H2,27,34)(H,31,39)(H,32,38)(H,33,37)(H,35,36)(H,40,41)(H4,28,29,30). The van der Waals surface area contributed by atoms with Crippen LogP contribution < -0.4 is 38.9 Å². The fourth-order valence-corrected chi connectivity index (χ4v) is 3.61. The van der Waals surface area contributed by atoms with Crippen molar-refractivity contribution in [2.45, 2.75) is 69.1 Å². The van der Waals surface area contributed by atoms with Crippen molar-refractivity contribution in [3.05, 3.63) is 35.9 Å². The van der Waals surface area contributed by atoms with Gasteiger partial charge < -0.3 is 49.1 Å². The van der Waals surface area contributed by atoms with Crippen LogP contribution in [0.25, 0.3) is 0 Å². The summed E-state index contributed by atoms with van der Waals surface area (Å²) < 4.78 is 0. The lowest BCUT2D eigenvalue weighted by molar-refractivity contribution is -0.143.